The van der Waals surface area contributed by atoms with E-state index in [9.17, 15) is 19.6 Å². The topological polar surface area (TPSA) is 118 Å². The number of nitrogens with one attached hydrogen (secondary N) is 1. The summed E-state index contributed by atoms with van der Waals surface area (Å²) < 4.78 is 6.97. The normalized spacial score (nSPS) is 12.2. The molecule has 0 saturated heterocycles. The number of ether oxygens (including phenoxy) is 1. The Balaban J connectivity index is 2.00. The van der Waals surface area contributed by atoms with Gasteiger partial charge in [0.1, 0.15) is 16.3 Å². The van der Waals surface area contributed by atoms with E-state index in [1.54, 1.807) is 75.5 Å². The molecule has 4 rings (SSSR count). The lowest BCUT2D eigenvalue weighted by Crippen LogP contribution is -2.31. The van der Waals surface area contributed by atoms with E-state index in [2.05, 4.69) is 9.97 Å². The van der Waals surface area contributed by atoms with Crippen molar-refractivity contribution >= 4 is 34.7 Å². The lowest BCUT2D eigenvalue weighted by Gasteiger charge is -2.04. The van der Waals surface area contributed by atoms with Crippen LogP contribution in [-0.2, 0) is 4.74 Å². The molecule has 0 bridgehead atoms. The summed E-state index contributed by atoms with van der Waals surface area (Å²) in [5.41, 5.74) is 1.69. The third-order valence-corrected chi connectivity index (χ3v) is 6.59. The van der Waals surface area contributed by atoms with Gasteiger partial charge in [0.05, 0.1) is 33.8 Å². The number of para-hydroxylation sites is 1. The fourth-order valence-corrected chi connectivity index (χ4v) is 4.95. The SMILES string of the molecule is CCOC(=O)c1c(C)[nH]c(C(=O)/C(C#N)=c2/s/c(=C\c3ccccn3)c(=O)n2-c2ccccc2)c1C. The maximum Gasteiger partial charge on any atom is 0.340 e. The van der Waals surface area contributed by atoms with Crippen LogP contribution in [0.15, 0.2) is 59.5 Å². The molecule has 36 heavy (non-hydrogen) atoms. The van der Waals surface area contributed by atoms with Gasteiger partial charge in [-0.05, 0) is 56.7 Å². The molecule has 1 N–H and O–H groups in total. The second-order valence-corrected chi connectivity index (χ2v) is 8.84. The number of nitriles is 1. The lowest BCUT2D eigenvalue weighted by molar-refractivity contribution is 0.0525. The Morgan fingerprint density at radius 1 is 1.17 bits per heavy atom. The standard InChI is InChI=1S/C27H22N4O4S/c1-4-35-27(34)22-16(2)23(30-17(22)3)24(32)20(15-28)26-31(19-11-6-5-7-12-19)25(33)21(36-26)14-18-10-8-9-13-29-18/h5-14,30H,4H2,1-3H3/b21-14-,26-20+. The van der Waals surface area contributed by atoms with Crippen molar-refractivity contribution in [3.05, 3.63) is 102 Å². The third-order valence-electron chi connectivity index (χ3n) is 5.50. The number of carbonyl (C=O) groups is 2. The van der Waals surface area contributed by atoms with Crippen molar-refractivity contribution in [2.45, 2.75) is 20.8 Å². The number of H-pyrrole nitrogens is 1. The minimum Gasteiger partial charge on any atom is -0.462 e. The molecule has 0 saturated carbocycles. The number of rotatable bonds is 6. The van der Waals surface area contributed by atoms with Gasteiger partial charge in [0.2, 0.25) is 5.78 Å². The Morgan fingerprint density at radius 2 is 1.89 bits per heavy atom. The van der Waals surface area contributed by atoms with Crippen LogP contribution in [0, 0.1) is 25.2 Å². The molecule has 0 unspecified atom stereocenters. The van der Waals surface area contributed by atoms with Gasteiger partial charge in [0.25, 0.3) is 5.56 Å². The van der Waals surface area contributed by atoms with Crippen molar-refractivity contribution in [3.63, 3.8) is 0 Å². The van der Waals surface area contributed by atoms with Gasteiger partial charge in [-0.2, -0.15) is 5.26 Å². The summed E-state index contributed by atoms with van der Waals surface area (Å²) >= 11 is 1.03. The van der Waals surface area contributed by atoms with Gasteiger partial charge in [-0.1, -0.05) is 24.3 Å². The van der Waals surface area contributed by atoms with E-state index in [4.69, 9.17) is 4.74 Å². The second-order valence-electron chi connectivity index (χ2n) is 7.81. The van der Waals surface area contributed by atoms with Crippen LogP contribution in [0.25, 0.3) is 17.3 Å². The number of esters is 1. The molecule has 0 aliphatic rings. The number of carbonyl (C=O) groups excluding carboxylic acids is 2. The van der Waals surface area contributed by atoms with E-state index in [0.29, 0.717) is 27.2 Å². The van der Waals surface area contributed by atoms with Crippen molar-refractivity contribution in [3.8, 4) is 11.8 Å². The number of pyridine rings is 1. The molecule has 0 aliphatic carbocycles. The maximum atomic E-state index is 13.6. The summed E-state index contributed by atoms with van der Waals surface area (Å²) in [4.78, 5) is 46.7. The maximum absolute atomic E-state index is 13.6. The van der Waals surface area contributed by atoms with Crippen LogP contribution in [0.4, 0.5) is 0 Å². The van der Waals surface area contributed by atoms with E-state index in [-0.39, 0.29) is 33.7 Å². The molecule has 9 heteroatoms. The smallest absolute Gasteiger partial charge is 0.340 e. The first kappa shape index (κ1) is 24.6. The summed E-state index contributed by atoms with van der Waals surface area (Å²) in [5, 5.41) is 10.1. The zero-order valence-electron chi connectivity index (χ0n) is 19.9. The van der Waals surface area contributed by atoms with Crippen LogP contribution in [0.2, 0.25) is 0 Å². The number of ketones is 1. The number of hydrogen-bond acceptors (Lipinski definition) is 7. The Bertz CT molecular complexity index is 1670. The first-order valence-corrected chi connectivity index (χ1v) is 11.9. The van der Waals surface area contributed by atoms with Crippen molar-refractivity contribution in [2.24, 2.45) is 0 Å². The average molecular weight is 499 g/mol. The molecule has 1 aromatic carbocycles. The molecule has 3 heterocycles. The van der Waals surface area contributed by atoms with Gasteiger partial charge >= 0.3 is 5.97 Å². The lowest BCUT2D eigenvalue weighted by atomic mass is 10.0. The monoisotopic (exact) mass is 498 g/mol. The first-order valence-electron chi connectivity index (χ1n) is 11.1. The molecule has 0 atom stereocenters. The number of hydrogen-bond donors (Lipinski definition) is 1. The quantitative estimate of drug-likeness (QED) is 0.323. The van der Waals surface area contributed by atoms with E-state index >= 15 is 0 Å². The van der Waals surface area contributed by atoms with Gasteiger partial charge < -0.3 is 9.72 Å². The van der Waals surface area contributed by atoms with Crippen LogP contribution < -0.4 is 14.8 Å². The molecule has 0 fully saturated rings. The third kappa shape index (κ3) is 4.54. The minimum absolute atomic E-state index is 0.0998. The Morgan fingerprint density at radius 3 is 2.53 bits per heavy atom. The molecular formula is C27H22N4O4S. The molecule has 180 valence electrons. The second kappa shape index (κ2) is 10.4. The number of benzene rings is 1. The zero-order valence-corrected chi connectivity index (χ0v) is 20.7. The summed E-state index contributed by atoms with van der Waals surface area (Å²) in [5.74, 6) is -1.17. The summed E-state index contributed by atoms with van der Waals surface area (Å²) in [6, 6.07) is 16.1. The molecule has 0 spiro atoms. The zero-order chi connectivity index (χ0) is 25.8. The number of aromatic amines is 1. The highest BCUT2D eigenvalue weighted by Crippen LogP contribution is 2.21. The van der Waals surface area contributed by atoms with E-state index in [0.717, 1.165) is 11.3 Å². The molecule has 3 aromatic heterocycles. The van der Waals surface area contributed by atoms with Gasteiger partial charge in [-0.3, -0.25) is 19.1 Å². The number of thiazole rings is 1. The van der Waals surface area contributed by atoms with Crippen molar-refractivity contribution in [1.82, 2.24) is 14.5 Å². The number of nitrogens with zero attached hydrogens (tertiary/aromatic N) is 3. The fourth-order valence-electron chi connectivity index (χ4n) is 3.86. The van der Waals surface area contributed by atoms with Crippen molar-refractivity contribution in [1.29, 1.82) is 5.26 Å². The Hall–Kier alpha value is -4.55. The number of aryl methyl sites for hydroxylation is 1. The summed E-state index contributed by atoms with van der Waals surface area (Å²) in [6.45, 7) is 5.17. The van der Waals surface area contributed by atoms with Crippen LogP contribution in [-0.4, -0.2) is 32.9 Å². The van der Waals surface area contributed by atoms with Crippen molar-refractivity contribution in [2.75, 3.05) is 6.61 Å². The highest BCUT2D eigenvalue weighted by Gasteiger charge is 2.26. The number of aromatic nitrogens is 3. The van der Waals surface area contributed by atoms with Crippen LogP contribution in [0.3, 0.4) is 0 Å². The number of Topliss-reactive ketones (excluding diaryl/α,β-unsaturated/α-hetero) is 1. The Labute approximate surface area is 210 Å². The fraction of sp³-hybridized carbons (Fsp3) is 0.148. The molecule has 0 aliphatic heterocycles. The van der Waals surface area contributed by atoms with Crippen molar-refractivity contribution < 1.29 is 14.3 Å². The van der Waals surface area contributed by atoms with Gasteiger partial charge in [-0.15, -0.1) is 11.3 Å². The van der Waals surface area contributed by atoms with E-state index < -0.39 is 11.8 Å². The van der Waals surface area contributed by atoms with Crippen LogP contribution in [0.5, 0.6) is 0 Å². The van der Waals surface area contributed by atoms with Crippen LogP contribution >= 0.6 is 11.3 Å². The summed E-state index contributed by atoms with van der Waals surface area (Å²) in [7, 11) is 0. The first-order chi connectivity index (χ1) is 17.4. The molecule has 8 nitrogen and oxygen atoms in total. The van der Waals surface area contributed by atoms with Gasteiger partial charge in [0, 0.05) is 11.9 Å². The highest BCUT2D eigenvalue weighted by molar-refractivity contribution is 7.07. The minimum atomic E-state index is -0.621. The molecule has 0 amide bonds. The Kier molecular flexibility index (Phi) is 7.08. The predicted octanol–water partition coefficient (Wildman–Crippen LogP) is 2.80. The molecule has 0 radical (unpaired) electrons. The predicted molar refractivity (Wildman–Crippen MR) is 137 cm³/mol. The van der Waals surface area contributed by atoms with Crippen LogP contribution in [0.1, 0.15) is 44.7 Å². The molecule has 4 aromatic rings. The van der Waals surface area contributed by atoms with Gasteiger partial charge in [-0.25, -0.2) is 4.79 Å². The molecular weight excluding hydrogens is 476 g/mol. The van der Waals surface area contributed by atoms with E-state index in [1.807, 2.05) is 12.1 Å². The van der Waals surface area contributed by atoms with Gasteiger partial charge in [0.15, 0.2) is 0 Å². The highest BCUT2D eigenvalue weighted by atomic mass is 32.1. The van der Waals surface area contributed by atoms with E-state index in [1.165, 1.54) is 4.57 Å². The largest absolute Gasteiger partial charge is 0.462 e. The average Bonchev–Trinajstić information content (AvgIpc) is 3.36. The summed E-state index contributed by atoms with van der Waals surface area (Å²) in [6.07, 6.45) is 3.24.